The maximum Gasteiger partial charge on any atom is 0.162 e. The highest BCUT2D eigenvalue weighted by molar-refractivity contribution is 5.16. The summed E-state index contributed by atoms with van der Waals surface area (Å²) in [7, 11) is 0. The molecule has 0 N–H and O–H groups in total. The molecule has 4 aliphatic carbocycles. The van der Waals surface area contributed by atoms with E-state index in [9.17, 15) is 0 Å². The van der Waals surface area contributed by atoms with Crippen LogP contribution in [0.25, 0.3) is 0 Å². The number of nitriles is 1. The fraction of sp³-hybridized carbons (Fsp3) is 0.871. The smallest absolute Gasteiger partial charge is 0.162 e. The fourth-order valence-electron chi connectivity index (χ4n) is 10.00. The van der Waals surface area contributed by atoms with Crippen LogP contribution in [0, 0.1) is 63.6 Å². The van der Waals surface area contributed by atoms with Crippen molar-refractivity contribution in [1.82, 2.24) is 9.78 Å². The molecule has 1 aromatic rings. The third-order valence-corrected chi connectivity index (χ3v) is 11.3. The maximum atomic E-state index is 9.12. The minimum absolute atomic E-state index is 0.513. The molecule has 4 fully saturated rings. The van der Waals surface area contributed by atoms with Gasteiger partial charge in [-0.15, -0.1) is 0 Å². The van der Waals surface area contributed by atoms with Crippen molar-refractivity contribution in [2.24, 2.45) is 52.3 Å². The fourth-order valence-corrected chi connectivity index (χ4v) is 10.00. The maximum absolute atomic E-state index is 9.12. The van der Waals surface area contributed by atoms with Gasteiger partial charge in [0.1, 0.15) is 6.07 Å². The predicted molar refractivity (Wildman–Crippen MR) is 141 cm³/mol. The Morgan fingerprint density at radius 1 is 1.06 bits per heavy atom. The van der Waals surface area contributed by atoms with Gasteiger partial charge in [0.2, 0.25) is 0 Å². The lowest BCUT2D eigenvalue weighted by atomic mass is 9.45. The first-order chi connectivity index (χ1) is 16.4. The van der Waals surface area contributed by atoms with Gasteiger partial charge in [0, 0.05) is 12.7 Å². The number of nitrogens with zero attached hydrogens (tertiary/aromatic N) is 3. The molecule has 3 heteroatoms. The average molecular weight is 466 g/mol. The Morgan fingerprint density at radius 2 is 1.76 bits per heavy atom. The highest BCUT2D eigenvalue weighted by atomic mass is 15.3. The molecule has 34 heavy (non-hydrogen) atoms. The molecule has 0 bridgehead atoms. The van der Waals surface area contributed by atoms with Crippen molar-refractivity contribution in [3.05, 3.63) is 18.0 Å². The molecule has 9 unspecified atom stereocenters. The molecule has 4 saturated carbocycles. The quantitative estimate of drug-likeness (QED) is 0.437. The van der Waals surface area contributed by atoms with Crippen LogP contribution in [0.15, 0.2) is 12.3 Å². The molecule has 3 nitrogen and oxygen atoms in total. The minimum atomic E-state index is 0.513. The van der Waals surface area contributed by atoms with Gasteiger partial charge in [-0.05, 0) is 110 Å². The van der Waals surface area contributed by atoms with E-state index < -0.39 is 0 Å². The summed E-state index contributed by atoms with van der Waals surface area (Å²) in [5, 5.41) is 13.6. The van der Waals surface area contributed by atoms with Crippen LogP contribution < -0.4 is 0 Å². The van der Waals surface area contributed by atoms with Gasteiger partial charge >= 0.3 is 0 Å². The molecule has 9 atom stereocenters. The molecule has 0 aromatic carbocycles. The first kappa shape index (κ1) is 25.8. The van der Waals surface area contributed by atoms with Crippen LogP contribution in [-0.4, -0.2) is 9.78 Å². The third-order valence-electron chi connectivity index (χ3n) is 11.3. The van der Waals surface area contributed by atoms with E-state index in [1.807, 2.05) is 30.8 Å². The van der Waals surface area contributed by atoms with Gasteiger partial charge < -0.3 is 0 Å². The molecule has 0 aliphatic heterocycles. The Morgan fingerprint density at radius 3 is 2.47 bits per heavy atom. The molecule has 5 rings (SSSR count). The highest BCUT2D eigenvalue weighted by Gasteiger charge is 2.59. The SMILES string of the molecule is CC.CCCC1CCC2C3CCC4(C)C(C(C)Cn5ccc(C#N)n5)CCC4C3CCC2(C)C1. The van der Waals surface area contributed by atoms with E-state index in [-0.39, 0.29) is 0 Å². The lowest BCUT2D eigenvalue weighted by molar-refractivity contribution is -0.108. The van der Waals surface area contributed by atoms with Gasteiger partial charge in [-0.25, -0.2) is 0 Å². The second-order valence-electron chi connectivity index (χ2n) is 12.9. The molecule has 0 amide bonds. The third kappa shape index (κ3) is 4.49. The lowest BCUT2D eigenvalue weighted by Gasteiger charge is -2.60. The van der Waals surface area contributed by atoms with Gasteiger partial charge in [-0.3, -0.25) is 4.68 Å². The first-order valence-corrected chi connectivity index (χ1v) is 14.8. The summed E-state index contributed by atoms with van der Waals surface area (Å²) >= 11 is 0. The molecular weight excluding hydrogens is 414 g/mol. The van der Waals surface area contributed by atoms with Crippen LogP contribution in [0.4, 0.5) is 0 Å². The largest absolute Gasteiger partial charge is 0.271 e. The van der Waals surface area contributed by atoms with Crippen molar-refractivity contribution < 1.29 is 0 Å². The molecule has 0 radical (unpaired) electrons. The highest BCUT2D eigenvalue weighted by Crippen LogP contribution is 2.67. The Bertz CT molecular complexity index is 851. The number of aromatic nitrogens is 2. The van der Waals surface area contributed by atoms with Crippen molar-refractivity contribution in [2.45, 2.75) is 119 Å². The number of hydrogen-bond acceptors (Lipinski definition) is 2. The summed E-state index contributed by atoms with van der Waals surface area (Å²) in [5.41, 5.74) is 1.70. The minimum Gasteiger partial charge on any atom is -0.271 e. The molecule has 1 heterocycles. The van der Waals surface area contributed by atoms with E-state index >= 15 is 0 Å². The average Bonchev–Trinajstić information content (AvgIpc) is 3.43. The van der Waals surface area contributed by atoms with Gasteiger partial charge in [0.15, 0.2) is 5.69 Å². The topological polar surface area (TPSA) is 41.6 Å². The monoisotopic (exact) mass is 465 g/mol. The predicted octanol–water partition coefficient (Wildman–Crippen LogP) is 8.49. The lowest BCUT2D eigenvalue weighted by Crippen LogP contribution is -2.52. The van der Waals surface area contributed by atoms with Crippen molar-refractivity contribution in [3.63, 3.8) is 0 Å². The zero-order valence-corrected chi connectivity index (χ0v) is 23.0. The molecule has 190 valence electrons. The normalized spacial score (nSPS) is 41.8. The molecule has 1 aromatic heterocycles. The first-order valence-electron chi connectivity index (χ1n) is 14.8. The van der Waals surface area contributed by atoms with Gasteiger partial charge in [0.05, 0.1) is 0 Å². The van der Waals surface area contributed by atoms with Crippen LogP contribution in [0.2, 0.25) is 0 Å². The second-order valence-corrected chi connectivity index (χ2v) is 12.9. The van der Waals surface area contributed by atoms with E-state index in [0.717, 1.165) is 42.1 Å². The summed E-state index contributed by atoms with van der Waals surface area (Å²) in [4.78, 5) is 0. The van der Waals surface area contributed by atoms with E-state index in [1.165, 1.54) is 70.6 Å². The van der Waals surface area contributed by atoms with Gasteiger partial charge in [-0.1, -0.05) is 60.8 Å². The Hall–Kier alpha value is -1.30. The van der Waals surface area contributed by atoms with E-state index in [4.69, 9.17) is 5.26 Å². The number of fused-ring (bicyclic) bond motifs is 5. The molecule has 4 aliphatic rings. The second kappa shape index (κ2) is 10.4. The summed E-state index contributed by atoms with van der Waals surface area (Å²) in [6.07, 6.45) is 18.2. The van der Waals surface area contributed by atoms with Gasteiger partial charge in [0.25, 0.3) is 0 Å². The zero-order valence-electron chi connectivity index (χ0n) is 23.0. The summed E-state index contributed by atoms with van der Waals surface area (Å²) < 4.78 is 2.02. The summed E-state index contributed by atoms with van der Waals surface area (Å²) in [5.74, 6) is 6.38. The Kier molecular flexibility index (Phi) is 7.86. The van der Waals surface area contributed by atoms with E-state index in [2.05, 4.69) is 38.9 Å². The van der Waals surface area contributed by atoms with Crippen molar-refractivity contribution in [1.29, 1.82) is 5.26 Å². The van der Waals surface area contributed by atoms with Crippen molar-refractivity contribution in [3.8, 4) is 6.07 Å². The van der Waals surface area contributed by atoms with Gasteiger partial charge in [-0.2, -0.15) is 10.4 Å². The van der Waals surface area contributed by atoms with E-state index in [0.29, 0.717) is 22.4 Å². The standard InChI is InChI=1S/C29H45N3.C2H6/c1-5-6-21-7-8-26-23-12-15-29(4)25(20(2)19-32-16-13-22(18-30)31-32)9-10-27(29)24(23)11-14-28(26,3)17-21;1-2/h13,16,20-21,23-27H,5-12,14-15,17,19H2,1-4H3;1-2H3. The number of rotatable bonds is 5. The zero-order chi connectivity index (χ0) is 24.5. The van der Waals surface area contributed by atoms with Crippen LogP contribution >= 0.6 is 0 Å². The summed E-state index contributed by atoms with van der Waals surface area (Å²) in [6, 6.07) is 4.03. The van der Waals surface area contributed by atoms with E-state index in [1.54, 1.807) is 0 Å². The summed E-state index contributed by atoms with van der Waals surface area (Å²) in [6.45, 7) is 15.1. The number of hydrogen-bond donors (Lipinski definition) is 0. The van der Waals surface area contributed by atoms with Crippen LogP contribution in [-0.2, 0) is 6.54 Å². The molecular formula is C31H51N3. The Balaban J connectivity index is 0.00000133. The van der Waals surface area contributed by atoms with Crippen molar-refractivity contribution in [2.75, 3.05) is 0 Å². The van der Waals surface area contributed by atoms with Crippen molar-refractivity contribution >= 4 is 0 Å². The molecule has 0 saturated heterocycles. The van der Waals surface area contributed by atoms with Crippen LogP contribution in [0.1, 0.15) is 118 Å². The van der Waals surface area contributed by atoms with Crippen LogP contribution in [0.3, 0.4) is 0 Å². The van der Waals surface area contributed by atoms with Crippen LogP contribution in [0.5, 0.6) is 0 Å². The molecule has 0 spiro atoms. The Labute approximate surface area is 210 Å².